The third-order valence-corrected chi connectivity index (χ3v) is 19.2. The van der Waals surface area contributed by atoms with Gasteiger partial charge in [0.2, 0.25) is 0 Å². The molecule has 8 nitrogen and oxygen atoms in total. The molecule has 0 N–H and O–H groups in total. The zero-order chi connectivity index (χ0) is 62.5. The van der Waals surface area contributed by atoms with Crippen molar-refractivity contribution in [1.29, 1.82) is 0 Å². The second-order valence-corrected chi connectivity index (χ2v) is 24.6. The number of fused-ring (bicyclic) bond motifs is 9. The number of para-hydroxylation sites is 9. The molecule has 444 valence electrons. The first-order chi connectivity index (χ1) is 47.2. The van der Waals surface area contributed by atoms with Crippen LogP contribution in [-0.4, -0.2) is 23.0 Å². The molecule has 95 heavy (non-hydrogen) atoms. The van der Waals surface area contributed by atoms with Crippen LogP contribution in [0.15, 0.2) is 340 Å². The number of rotatable bonds is 11. The van der Waals surface area contributed by atoms with Crippen molar-refractivity contribution in [2.75, 3.05) is 19.6 Å². The fourth-order valence-corrected chi connectivity index (χ4v) is 15.2. The highest BCUT2D eigenvalue weighted by molar-refractivity contribution is 7.02. The van der Waals surface area contributed by atoms with E-state index in [1.54, 1.807) is 0 Å². The highest BCUT2D eigenvalue weighted by Gasteiger charge is 2.49. The first kappa shape index (κ1) is 54.2. The van der Waals surface area contributed by atoms with Gasteiger partial charge in [-0.15, -0.1) is 0 Å². The van der Waals surface area contributed by atoms with Gasteiger partial charge in [-0.3, -0.25) is 4.57 Å². The van der Waals surface area contributed by atoms with Gasteiger partial charge in [0.05, 0.1) is 28.0 Å². The lowest BCUT2D eigenvalue weighted by Crippen LogP contribution is -2.63. The molecule has 4 aliphatic heterocycles. The molecule has 0 bridgehead atoms. The molecule has 19 rings (SSSR count). The molecule has 0 atom stereocenters. The van der Waals surface area contributed by atoms with Gasteiger partial charge in [0, 0.05) is 80.3 Å². The zero-order valence-electron chi connectivity index (χ0n) is 51.5. The van der Waals surface area contributed by atoms with Gasteiger partial charge < -0.3 is 29.1 Å². The van der Waals surface area contributed by atoms with Crippen LogP contribution in [0.2, 0.25) is 0 Å². The van der Waals surface area contributed by atoms with Crippen LogP contribution in [0.3, 0.4) is 0 Å². The predicted octanol–water partition coefficient (Wildman–Crippen LogP) is 18.1. The molecule has 10 heteroatoms. The predicted molar refractivity (Wildman–Crippen MR) is 393 cm³/mol. The third kappa shape index (κ3) is 8.75. The minimum Gasteiger partial charge on any atom is -0.457 e. The molecule has 0 spiro atoms. The summed E-state index contributed by atoms with van der Waals surface area (Å²) in [6.07, 6.45) is 0. The van der Waals surface area contributed by atoms with E-state index in [2.05, 4.69) is 364 Å². The van der Waals surface area contributed by atoms with Crippen molar-refractivity contribution in [3.05, 3.63) is 340 Å². The lowest BCUT2D eigenvalue weighted by atomic mass is 9.30. The van der Waals surface area contributed by atoms with Crippen LogP contribution in [0.1, 0.15) is 0 Å². The topological polar surface area (TPSA) is 49.2 Å². The summed E-state index contributed by atoms with van der Waals surface area (Å²) in [4.78, 5) is 15.0. The van der Waals surface area contributed by atoms with Crippen LogP contribution in [-0.2, 0) is 0 Å². The quantitative estimate of drug-likeness (QED) is 0.120. The SMILES string of the molecule is c1ccc(-c2nc3ccc(-c4c5c(cc6c4Oc4cc(N(c7ccccc7)c7ccccc7)cc7c4B6c4ccccc4N7c4ccccc4)B4c6ccccc6N(c6ccccc6)c6cc(N(c7ccccc7)c7ccccc7)cc(c64)O5)cc3n2-c2ccccc2)cc1. The minimum absolute atomic E-state index is 0.295. The van der Waals surface area contributed by atoms with Gasteiger partial charge in [-0.05, 0) is 160 Å². The molecule has 15 aromatic rings. The lowest BCUT2D eigenvalue weighted by Gasteiger charge is -2.43. The van der Waals surface area contributed by atoms with E-state index in [4.69, 9.17) is 14.5 Å². The van der Waals surface area contributed by atoms with Gasteiger partial charge in [0.1, 0.15) is 28.8 Å². The van der Waals surface area contributed by atoms with Crippen LogP contribution < -0.4 is 61.9 Å². The first-order valence-electron chi connectivity index (χ1n) is 32.4. The Bertz CT molecular complexity index is 5120. The van der Waals surface area contributed by atoms with E-state index in [1.165, 1.54) is 10.9 Å². The smallest absolute Gasteiger partial charge is 0.256 e. The molecule has 0 radical (unpaired) electrons. The van der Waals surface area contributed by atoms with Gasteiger partial charge in [-0.1, -0.05) is 206 Å². The molecule has 0 saturated heterocycles. The third-order valence-electron chi connectivity index (χ3n) is 19.2. The standard InChI is InChI=1S/C85H56B2N6O2/c1-9-29-57(30-10-1)85-88-72-50-49-58(51-75(72)93(85)65-43-23-8-24-44-65)80-83-70(86-68-45-25-27-47-73(68)91(63-39-19-6-20-40-63)76-52-66(54-78(94-83)81(76)86)89(59-31-11-2-12-32-59)60-33-13-3-14-34-60)56-71-84(80)95-79-55-67(90(61-35-15-4-16-36-61)62-37-17-5-18-38-62)53-77-82(79)87(71)69-46-26-28-48-74(69)92(77)64-41-21-7-22-42-64/h1-56H. The molecule has 0 saturated carbocycles. The average molecular weight is 1220 g/mol. The monoisotopic (exact) mass is 1210 g/mol. The van der Waals surface area contributed by atoms with Crippen molar-refractivity contribution in [2.24, 2.45) is 0 Å². The summed E-state index contributed by atoms with van der Waals surface area (Å²) in [5, 5.41) is 0. The highest BCUT2D eigenvalue weighted by Crippen LogP contribution is 2.52. The normalized spacial score (nSPS) is 12.7. The Hall–Kier alpha value is -12.5. The fraction of sp³-hybridized carbons (Fsp3) is 0. The molecule has 5 heterocycles. The van der Waals surface area contributed by atoms with Gasteiger partial charge in [-0.2, -0.15) is 0 Å². The second-order valence-electron chi connectivity index (χ2n) is 24.6. The number of anilines is 12. The van der Waals surface area contributed by atoms with E-state index < -0.39 is 0 Å². The van der Waals surface area contributed by atoms with Gasteiger partial charge in [0.15, 0.2) is 0 Å². The highest BCUT2D eigenvalue weighted by atomic mass is 16.5. The number of hydrogen-bond acceptors (Lipinski definition) is 7. The summed E-state index contributed by atoms with van der Waals surface area (Å²) in [7, 11) is 0. The van der Waals surface area contributed by atoms with E-state index in [0.29, 0.717) is 0 Å². The fourth-order valence-electron chi connectivity index (χ4n) is 15.2. The van der Waals surface area contributed by atoms with E-state index in [9.17, 15) is 0 Å². The maximum Gasteiger partial charge on any atom is 0.256 e. The minimum atomic E-state index is -0.295. The molecule has 0 aliphatic carbocycles. The molecule has 14 aromatic carbocycles. The van der Waals surface area contributed by atoms with E-state index in [1.807, 2.05) is 0 Å². The van der Waals surface area contributed by atoms with Gasteiger partial charge in [0.25, 0.3) is 13.4 Å². The maximum atomic E-state index is 8.08. The number of aromatic nitrogens is 2. The molecule has 4 aliphatic rings. The number of benzene rings is 14. The Morgan fingerprint density at radius 1 is 0.295 bits per heavy atom. The molecule has 0 unspecified atom stereocenters. The van der Waals surface area contributed by atoms with Gasteiger partial charge >= 0.3 is 0 Å². The van der Waals surface area contributed by atoms with Crippen LogP contribution in [0, 0.1) is 0 Å². The van der Waals surface area contributed by atoms with Crippen molar-refractivity contribution in [2.45, 2.75) is 0 Å². The van der Waals surface area contributed by atoms with E-state index in [-0.39, 0.29) is 13.4 Å². The Morgan fingerprint density at radius 3 is 1.11 bits per heavy atom. The Balaban J connectivity index is 0.931. The summed E-state index contributed by atoms with van der Waals surface area (Å²) in [6.45, 7) is -0.590. The zero-order valence-corrected chi connectivity index (χ0v) is 51.5. The summed E-state index contributed by atoms with van der Waals surface area (Å²) >= 11 is 0. The maximum absolute atomic E-state index is 8.08. The molecular weight excluding hydrogens is 1160 g/mol. The van der Waals surface area contributed by atoms with Crippen LogP contribution in [0.25, 0.3) is 39.2 Å². The van der Waals surface area contributed by atoms with Crippen molar-refractivity contribution in [3.63, 3.8) is 0 Å². The number of ether oxygens (including phenoxy) is 2. The lowest BCUT2D eigenvalue weighted by molar-refractivity contribution is 0.469. The van der Waals surface area contributed by atoms with Crippen LogP contribution in [0.5, 0.6) is 23.0 Å². The second kappa shape index (κ2) is 22.1. The number of hydrogen-bond donors (Lipinski definition) is 0. The van der Waals surface area contributed by atoms with Crippen molar-refractivity contribution >= 4 is 125 Å². The van der Waals surface area contributed by atoms with E-state index in [0.717, 1.165) is 152 Å². The largest absolute Gasteiger partial charge is 0.457 e. The summed E-state index contributed by atoms with van der Waals surface area (Å²) in [5.74, 6) is 3.83. The molecule has 0 amide bonds. The average Bonchev–Trinajstić information content (AvgIpc) is 0.936. The Labute approximate surface area is 551 Å². The Kier molecular flexibility index (Phi) is 12.6. The number of nitrogens with zero attached hydrogens (tertiary/aromatic N) is 6. The van der Waals surface area contributed by atoms with E-state index >= 15 is 0 Å². The summed E-state index contributed by atoms with van der Waals surface area (Å²) in [5.41, 5.74) is 24.6. The molecule has 0 fully saturated rings. The van der Waals surface area contributed by atoms with Crippen molar-refractivity contribution in [1.82, 2.24) is 9.55 Å². The summed E-state index contributed by atoms with van der Waals surface area (Å²) in [6, 6.07) is 122. The van der Waals surface area contributed by atoms with Crippen LogP contribution >= 0.6 is 0 Å². The van der Waals surface area contributed by atoms with Gasteiger partial charge in [-0.25, -0.2) is 4.98 Å². The van der Waals surface area contributed by atoms with Crippen molar-refractivity contribution in [3.8, 4) is 51.2 Å². The van der Waals surface area contributed by atoms with Crippen LogP contribution in [0.4, 0.5) is 68.2 Å². The van der Waals surface area contributed by atoms with Crippen molar-refractivity contribution < 1.29 is 9.47 Å². The Morgan fingerprint density at radius 2 is 0.674 bits per heavy atom. The first-order valence-corrected chi connectivity index (χ1v) is 32.4. The summed E-state index contributed by atoms with van der Waals surface area (Å²) < 4.78 is 18.5. The molecular formula is C85H56B2N6O2. The molecule has 1 aromatic heterocycles. The number of imidazole rings is 1.